The van der Waals surface area contributed by atoms with Gasteiger partial charge in [-0.2, -0.15) is 5.10 Å². The largest absolute Gasteiger partial charge is 0.320 e. The Morgan fingerprint density at radius 3 is 2.84 bits per heavy atom. The molecule has 0 atom stereocenters. The number of carbonyl (C=O) groups is 1. The highest BCUT2D eigenvalue weighted by atomic mass is 16.2. The van der Waals surface area contributed by atoms with Crippen molar-refractivity contribution in [3.05, 3.63) is 18.0 Å². The van der Waals surface area contributed by atoms with Gasteiger partial charge in [-0.3, -0.25) is 4.68 Å². The summed E-state index contributed by atoms with van der Waals surface area (Å²) in [6.45, 7) is 4.35. The standard InChI is InChI=1S/C13H21N5O/c1-16-7-4-11(15-16)10-17-8-9-18(13(17)19)12-2-5-14-6-3-12/h4,7,12,14H,2-3,5-6,8-10H2,1H3. The Labute approximate surface area is 113 Å². The van der Waals surface area contributed by atoms with Gasteiger partial charge in [0.25, 0.3) is 0 Å². The van der Waals surface area contributed by atoms with Crippen molar-refractivity contribution in [2.45, 2.75) is 25.4 Å². The number of amides is 2. The lowest BCUT2D eigenvalue weighted by atomic mass is 10.1. The Hall–Kier alpha value is -1.56. The number of piperidine rings is 1. The number of hydrogen-bond donors (Lipinski definition) is 1. The maximum absolute atomic E-state index is 12.4. The predicted molar refractivity (Wildman–Crippen MR) is 71.6 cm³/mol. The topological polar surface area (TPSA) is 53.4 Å². The van der Waals surface area contributed by atoms with Crippen LogP contribution in [0.5, 0.6) is 0 Å². The number of rotatable bonds is 3. The van der Waals surface area contributed by atoms with E-state index in [9.17, 15) is 4.79 Å². The van der Waals surface area contributed by atoms with Gasteiger partial charge in [0.05, 0.1) is 12.2 Å². The smallest absolute Gasteiger partial charge is 0.320 e. The highest BCUT2D eigenvalue weighted by Crippen LogP contribution is 2.19. The average Bonchev–Trinajstić information content (AvgIpc) is 2.99. The first-order chi connectivity index (χ1) is 9.24. The Morgan fingerprint density at radius 2 is 2.16 bits per heavy atom. The van der Waals surface area contributed by atoms with Crippen molar-refractivity contribution in [2.24, 2.45) is 7.05 Å². The molecule has 0 radical (unpaired) electrons. The third-order valence-corrected chi connectivity index (χ3v) is 4.00. The molecule has 19 heavy (non-hydrogen) atoms. The number of aryl methyl sites for hydroxylation is 1. The minimum absolute atomic E-state index is 0.178. The van der Waals surface area contributed by atoms with Crippen LogP contribution in [0.3, 0.4) is 0 Å². The fourth-order valence-corrected chi connectivity index (χ4v) is 2.95. The summed E-state index contributed by atoms with van der Waals surface area (Å²) in [4.78, 5) is 16.4. The summed E-state index contributed by atoms with van der Waals surface area (Å²) < 4.78 is 1.78. The molecule has 1 N–H and O–H groups in total. The lowest BCUT2D eigenvalue weighted by molar-refractivity contribution is 0.164. The number of urea groups is 1. The fraction of sp³-hybridized carbons (Fsp3) is 0.692. The van der Waals surface area contributed by atoms with Crippen LogP contribution in [0, 0.1) is 0 Å². The summed E-state index contributed by atoms with van der Waals surface area (Å²) in [5.41, 5.74) is 0.961. The van der Waals surface area contributed by atoms with Crippen molar-refractivity contribution in [1.82, 2.24) is 24.9 Å². The van der Waals surface area contributed by atoms with E-state index in [-0.39, 0.29) is 6.03 Å². The van der Waals surface area contributed by atoms with Gasteiger partial charge < -0.3 is 15.1 Å². The molecule has 1 aromatic heterocycles. The van der Waals surface area contributed by atoms with Crippen LogP contribution in [0.15, 0.2) is 12.3 Å². The van der Waals surface area contributed by atoms with E-state index in [2.05, 4.69) is 10.4 Å². The van der Waals surface area contributed by atoms with Crippen LogP contribution < -0.4 is 5.32 Å². The molecule has 2 amide bonds. The van der Waals surface area contributed by atoms with E-state index in [1.807, 2.05) is 29.1 Å². The molecule has 2 fully saturated rings. The lowest BCUT2D eigenvalue weighted by Crippen LogP contribution is -2.45. The van der Waals surface area contributed by atoms with E-state index < -0.39 is 0 Å². The van der Waals surface area contributed by atoms with Crippen molar-refractivity contribution in [3.8, 4) is 0 Å². The Bertz CT molecular complexity index is 452. The minimum Gasteiger partial charge on any atom is -0.320 e. The van der Waals surface area contributed by atoms with Gasteiger partial charge in [0, 0.05) is 32.4 Å². The third kappa shape index (κ3) is 2.58. The molecule has 0 saturated carbocycles. The summed E-state index contributed by atoms with van der Waals surface area (Å²) in [6.07, 6.45) is 4.06. The van der Waals surface area contributed by atoms with E-state index in [0.717, 1.165) is 44.7 Å². The molecule has 104 valence electrons. The zero-order valence-electron chi connectivity index (χ0n) is 11.4. The van der Waals surface area contributed by atoms with Gasteiger partial charge in [-0.05, 0) is 32.0 Å². The molecular formula is C13H21N5O. The Balaban J connectivity index is 1.61. The van der Waals surface area contributed by atoms with Gasteiger partial charge in [-0.1, -0.05) is 0 Å². The van der Waals surface area contributed by atoms with Crippen LogP contribution in [0.1, 0.15) is 18.5 Å². The number of hydrogen-bond acceptors (Lipinski definition) is 3. The second-order valence-electron chi connectivity index (χ2n) is 5.36. The predicted octanol–water partition coefficient (Wildman–Crippen LogP) is 0.410. The van der Waals surface area contributed by atoms with Crippen molar-refractivity contribution in [2.75, 3.05) is 26.2 Å². The van der Waals surface area contributed by atoms with Crippen molar-refractivity contribution < 1.29 is 4.79 Å². The Kier molecular flexibility index (Phi) is 3.42. The monoisotopic (exact) mass is 263 g/mol. The van der Waals surface area contributed by atoms with Gasteiger partial charge in [-0.15, -0.1) is 0 Å². The van der Waals surface area contributed by atoms with Crippen LogP contribution in [-0.2, 0) is 13.6 Å². The molecular weight excluding hydrogens is 242 g/mol. The molecule has 0 aromatic carbocycles. The van der Waals surface area contributed by atoms with E-state index in [4.69, 9.17) is 0 Å². The van der Waals surface area contributed by atoms with Crippen LogP contribution in [0.4, 0.5) is 4.79 Å². The minimum atomic E-state index is 0.178. The summed E-state index contributed by atoms with van der Waals surface area (Å²) in [5.74, 6) is 0. The van der Waals surface area contributed by atoms with Gasteiger partial charge in [0.15, 0.2) is 0 Å². The van der Waals surface area contributed by atoms with Gasteiger partial charge in [-0.25, -0.2) is 4.79 Å². The lowest BCUT2D eigenvalue weighted by Gasteiger charge is -2.31. The molecule has 0 unspecified atom stereocenters. The maximum atomic E-state index is 12.4. The second kappa shape index (κ2) is 5.21. The third-order valence-electron chi connectivity index (χ3n) is 4.00. The first kappa shape index (κ1) is 12.5. The van der Waals surface area contributed by atoms with Crippen molar-refractivity contribution in [3.63, 3.8) is 0 Å². The molecule has 0 spiro atoms. The molecule has 0 bridgehead atoms. The first-order valence-electron chi connectivity index (χ1n) is 6.99. The molecule has 2 aliphatic rings. The van der Waals surface area contributed by atoms with Crippen molar-refractivity contribution in [1.29, 1.82) is 0 Å². The molecule has 3 rings (SSSR count). The fourth-order valence-electron chi connectivity index (χ4n) is 2.95. The Morgan fingerprint density at radius 1 is 1.37 bits per heavy atom. The van der Waals surface area contributed by atoms with Gasteiger partial charge in [0.2, 0.25) is 0 Å². The summed E-state index contributed by atoms with van der Waals surface area (Å²) in [5, 5.41) is 7.68. The van der Waals surface area contributed by atoms with E-state index in [1.165, 1.54) is 0 Å². The van der Waals surface area contributed by atoms with Crippen LogP contribution in [-0.4, -0.2) is 57.8 Å². The highest BCUT2D eigenvalue weighted by Gasteiger charge is 2.34. The molecule has 2 saturated heterocycles. The quantitative estimate of drug-likeness (QED) is 0.859. The van der Waals surface area contributed by atoms with Crippen LogP contribution in [0.25, 0.3) is 0 Å². The van der Waals surface area contributed by atoms with Gasteiger partial charge in [0.1, 0.15) is 0 Å². The molecule has 6 heteroatoms. The molecule has 2 aliphatic heterocycles. The van der Waals surface area contributed by atoms with Crippen LogP contribution >= 0.6 is 0 Å². The maximum Gasteiger partial charge on any atom is 0.320 e. The van der Waals surface area contributed by atoms with E-state index >= 15 is 0 Å². The first-order valence-corrected chi connectivity index (χ1v) is 6.99. The zero-order chi connectivity index (χ0) is 13.2. The van der Waals surface area contributed by atoms with E-state index in [1.54, 1.807) is 4.68 Å². The molecule has 1 aromatic rings. The zero-order valence-corrected chi connectivity index (χ0v) is 11.4. The number of aromatic nitrogens is 2. The van der Waals surface area contributed by atoms with Gasteiger partial charge >= 0.3 is 6.03 Å². The highest BCUT2D eigenvalue weighted by molar-refractivity contribution is 5.76. The van der Waals surface area contributed by atoms with Crippen molar-refractivity contribution >= 4 is 6.03 Å². The summed E-state index contributed by atoms with van der Waals surface area (Å²) in [6, 6.07) is 2.57. The van der Waals surface area contributed by atoms with Crippen LogP contribution in [0.2, 0.25) is 0 Å². The second-order valence-corrected chi connectivity index (χ2v) is 5.36. The molecule has 3 heterocycles. The average molecular weight is 263 g/mol. The molecule has 6 nitrogen and oxygen atoms in total. The summed E-state index contributed by atoms with van der Waals surface area (Å²) in [7, 11) is 1.90. The number of carbonyl (C=O) groups excluding carboxylic acids is 1. The number of nitrogens with one attached hydrogen (secondary N) is 1. The summed E-state index contributed by atoms with van der Waals surface area (Å²) >= 11 is 0. The normalized spacial score (nSPS) is 21.4. The SMILES string of the molecule is Cn1ccc(CN2CCN(C3CCNCC3)C2=O)n1. The molecule has 0 aliphatic carbocycles. The van der Waals surface area contributed by atoms with E-state index in [0.29, 0.717) is 12.6 Å². The number of nitrogens with zero attached hydrogens (tertiary/aromatic N) is 4.